The van der Waals surface area contributed by atoms with Crippen molar-refractivity contribution in [1.82, 2.24) is 4.90 Å². The van der Waals surface area contributed by atoms with E-state index in [0.29, 0.717) is 12.0 Å². The van der Waals surface area contributed by atoms with Gasteiger partial charge in [-0.25, -0.2) is 4.79 Å². The summed E-state index contributed by atoms with van der Waals surface area (Å²) in [6, 6.07) is 0. The van der Waals surface area contributed by atoms with Gasteiger partial charge in [-0.1, -0.05) is 26.8 Å². The summed E-state index contributed by atoms with van der Waals surface area (Å²) in [4.78, 5) is 13.5. The Morgan fingerprint density at radius 2 is 2.18 bits per heavy atom. The van der Waals surface area contributed by atoms with Crippen LogP contribution in [-0.2, 0) is 9.53 Å². The van der Waals surface area contributed by atoms with Crippen LogP contribution in [0.25, 0.3) is 0 Å². The molecular formula is C14H25NO2. The van der Waals surface area contributed by atoms with Crippen molar-refractivity contribution in [1.29, 1.82) is 0 Å². The molecular weight excluding hydrogens is 214 g/mol. The monoisotopic (exact) mass is 239 g/mol. The van der Waals surface area contributed by atoms with Gasteiger partial charge in [0.25, 0.3) is 0 Å². The summed E-state index contributed by atoms with van der Waals surface area (Å²) in [7, 11) is 0. The van der Waals surface area contributed by atoms with Crippen molar-refractivity contribution in [2.75, 3.05) is 26.2 Å². The molecule has 0 aromatic heterocycles. The minimum absolute atomic E-state index is 0.237. The fourth-order valence-corrected chi connectivity index (χ4v) is 2.19. The number of nitrogens with zero attached hydrogens (tertiary/aromatic N) is 1. The largest absolute Gasteiger partial charge is 0.463 e. The summed E-state index contributed by atoms with van der Waals surface area (Å²) >= 11 is 0. The van der Waals surface area contributed by atoms with Gasteiger partial charge in [0.1, 0.15) is 0 Å². The van der Waals surface area contributed by atoms with Gasteiger partial charge in [0.2, 0.25) is 0 Å². The third-order valence-corrected chi connectivity index (χ3v) is 3.40. The van der Waals surface area contributed by atoms with Crippen LogP contribution in [0.3, 0.4) is 0 Å². The Labute approximate surface area is 105 Å². The van der Waals surface area contributed by atoms with Gasteiger partial charge in [-0.05, 0) is 31.2 Å². The highest BCUT2D eigenvalue weighted by molar-refractivity contribution is 5.81. The van der Waals surface area contributed by atoms with E-state index in [0.717, 1.165) is 25.6 Å². The summed E-state index contributed by atoms with van der Waals surface area (Å²) < 4.78 is 4.84. The predicted molar refractivity (Wildman–Crippen MR) is 69.8 cm³/mol. The van der Waals surface area contributed by atoms with E-state index in [9.17, 15) is 4.79 Å². The number of ether oxygens (including phenoxy) is 1. The highest BCUT2D eigenvalue weighted by Crippen LogP contribution is 2.33. The van der Waals surface area contributed by atoms with Gasteiger partial charge in [-0.3, -0.25) is 4.90 Å². The van der Waals surface area contributed by atoms with Crippen molar-refractivity contribution in [2.24, 2.45) is 11.3 Å². The average Bonchev–Trinajstić information content (AvgIpc) is 2.66. The van der Waals surface area contributed by atoms with Crippen molar-refractivity contribution in [3.8, 4) is 0 Å². The van der Waals surface area contributed by atoms with E-state index in [1.807, 2.05) is 13.0 Å². The second-order valence-electron chi connectivity index (χ2n) is 5.77. The molecule has 1 atom stereocenters. The van der Waals surface area contributed by atoms with E-state index in [-0.39, 0.29) is 5.97 Å². The van der Waals surface area contributed by atoms with Crippen molar-refractivity contribution in [3.05, 3.63) is 12.2 Å². The molecule has 0 saturated carbocycles. The second-order valence-corrected chi connectivity index (χ2v) is 5.77. The summed E-state index contributed by atoms with van der Waals surface area (Å²) in [5.41, 5.74) is 0.388. The third-order valence-electron chi connectivity index (χ3n) is 3.40. The van der Waals surface area contributed by atoms with E-state index in [2.05, 4.69) is 25.7 Å². The van der Waals surface area contributed by atoms with Gasteiger partial charge in [0.15, 0.2) is 0 Å². The zero-order valence-electron chi connectivity index (χ0n) is 11.5. The number of rotatable bonds is 4. The van der Waals surface area contributed by atoms with Crippen LogP contribution in [0.1, 0.15) is 34.1 Å². The Bertz CT molecular complexity index is 278. The summed E-state index contributed by atoms with van der Waals surface area (Å²) in [5, 5.41) is 0. The Balaban J connectivity index is 2.29. The van der Waals surface area contributed by atoms with E-state index in [1.54, 1.807) is 0 Å². The Morgan fingerprint density at radius 3 is 2.71 bits per heavy atom. The SMILES string of the molecule is CCOC(=O)/C=C/CN1CCC(C(C)(C)C)C1. The maximum atomic E-state index is 11.1. The standard InChI is InChI=1S/C14H25NO2/c1-5-17-13(16)7-6-9-15-10-8-12(11-15)14(2,3)4/h6-7,12H,5,8-11H2,1-4H3/b7-6+. The molecule has 0 N–H and O–H groups in total. The molecule has 3 nitrogen and oxygen atoms in total. The summed E-state index contributed by atoms with van der Waals surface area (Å²) in [6.07, 6.45) is 4.70. The first-order valence-electron chi connectivity index (χ1n) is 6.49. The van der Waals surface area contributed by atoms with E-state index in [4.69, 9.17) is 4.74 Å². The van der Waals surface area contributed by atoms with E-state index < -0.39 is 0 Å². The smallest absolute Gasteiger partial charge is 0.330 e. The lowest BCUT2D eigenvalue weighted by Crippen LogP contribution is -2.26. The van der Waals surface area contributed by atoms with Crippen molar-refractivity contribution in [3.63, 3.8) is 0 Å². The Kier molecular flexibility index (Phi) is 5.19. The van der Waals surface area contributed by atoms with Crippen LogP contribution in [0.4, 0.5) is 0 Å². The molecule has 1 rings (SSSR count). The molecule has 1 fully saturated rings. The number of hydrogen-bond donors (Lipinski definition) is 0. The van der Waals surface area contributed by atoms with E-state index in [1.165, 1.54) is 12.5 Å². The van der Waals surface area contributed by atoms with Gasteiger partial charge < -0.3 is 4.74 Å². The molecule has 1 unspecified atom stereocenters. The highest BCUT2D eigenvalue weighted by Gasteiger charge is 2.30. The van der Waals surface area contributed by atoms with Gasteiger partial charge in [-0.2, -0.15) is 0 Å². The molecule has 0 radical (unpaired) electrons. The zero-order valence-corrected chi connectivity index (χ0v) is 11.5. The lowest BCUT2D eigenvalue weighted by atomic mass is 9.80. The molecule has 1 saturated heterocycles. The fraction of sp³-hybridized carbons (Fsp3) is 0.786. The number of esters is 1. The van der Waals surface area contributed by atoms with Gasteiger partial charge in [0.05, 0.1) is 6.61 Å². The molecule has 0 aromatic rings. The lowest BCUT2D eigenvalue weighted by Gasteiger charge is -2.26. The molecule has 0 spiro atoms. The molecule has 1 heterocycles. The zero-order chi connectivity index (χ0) is 12.9. The van der Waals surface area contributed by atoms with Crippen molar-refractivity contribution in [2.45, 2.75) is 34.1 Å². The lowest BCUT2D eigenvalue weighted by molar-refractivity contribution is -0.137. The van der Waals surface area contributed by atoms with Crippen LogP contribution in [0.15, 0.2) is 12.2 Å². The summed E-state index contributed by atoms with van der Waals surface area (Å²) in [5.74, 6) is 0.526. The van der Waals surface area contributed by atoms with Gasteiger partial charge in [0, 0.05) is 19.2 Å². The molecule has 0 aromatic carbocycles. The molecule has 98 valence electrons. The molecule has 0 amide bonds. The minimum Gasteiger partial charge on any atom is -0.463 e. The number of likely N-dealkylation sites (tertiary alicyclic amines) is 1. The molecule has 3 heteroatoms. The van der Waals surface area contributed by atoms with Crippen molar-refractivity contribution >= 4 is 5.97 Å². The maximum absolute atomic E-state index is 11.1. The first-order valence-corrected chi connectivity index (χ1v) is 6.49. The predicted octanol–water partition coefficient (Wildman–Crippen LogP) is 2.47. The topological polar surface area (TPSA) is 29.5 Å². The molecule has 0 aliphatic carbocycles. The van der Waals surface area contributed by atoms with Gasteiger partial charge >= 0.3 is 5.97 Å². The van der Waals surface area contributed by atoms with Crippen LogP contribution in [0.2, 0.25) is 0 Å². The maximum Gasteiger partial charge on any atom is 0.330 e. The molecule has 17 heavy (non-hydrogen) atoms. The first kappa shape index (κ1) is 14.2. The minimum atomic E-state index is -0.237. The fourth-order valence-electron chi connectivity index (χ4n) is 2.19. The van der Waals surface area contributed by atoms with E-state index >= 15 is 0 Å². The number of hydrogen-bond acceptors (Lipinski definition) is 3. The number of carbonyl (C=O) groups excluding carboxylic acids is 1. The molecule has 1 aliphatic rings. The Hall–Kier alpha value is -0.830. The van der Waals surface area contributed by atoms with Crippen LogP contribution < -0.4 is 0 Å². The Morgan fingerprint density at radius 1 is 1.47 bits per heavy atom. The van der Waals surface area contributed by atoms with Crippen LogP contribution >= 0.6 is 0 Å². The normalized spacial score (nSPS) is 22.2. The first-order chi connectivity index (χ1) is 7.93. The third kappa shape index (κ3) is 4.90. The average molecular weight is 239 g/mol. The number of carbonyl (C=O) groups is 1. The second kappa shape index (κ2) is 6.20. The summed E-state index contributed by atoms with van der Waals surface area (Å²) in [6.45, 7) is 12.3. The quantitative estimate of drug-likeness (QED) is 0.557. The highest BCUT2D eigenvalue weighted by atomic mass is 16.5. The van der Waals surface area contributed by atoms with Crippen LogP contribution in [-0.4, -0.2) is 37.1 Å². The van der Waals surface area contributed by atoms with Gasteiger partial charge in [-0.15, -0.1) is 0 Å². The van der Waals surface area contributed by atoms with Crippen LogP contribution in [0.5, 0.6) is 0 Å². The van der Waals surface area contributed by atoms with Crippen molar-refractivity contribution < 1.29 is 9.53 Å². The van der Waals surface area contributed by atoms with Crippen LogP contribution in [0, 0.1) is 11.3 Å². The molecule has 0 bridgehead atoms. The molecule has 1 aliphatic heterocycles.